The Morgan fingerprint density at radius 3 is 1.91 bits per heavy atom. The third kappa shape index (κ3) is 5.01. The first-order valence-electron chi connectivity index (χ1n) is 9.20. The van der Waals surface area contributed by atoms with E-state index < -0.39 is 42.2 Å². The van der Waals surface area contributed by atoms with Gasteiger partial charge >= 0.3 is 5.97 Å². The van der Waals surface area contributed by atoms with Gasteiger partial charge in [0, 0.05) is 10.0 Å². The number of hydrazine groups is 1. The highest BCUT2D eigenvalue weighted by molar-refractivity contribution is 9.10. The number of rotatable bonds is 5. The van der Waals surface area contributed by atoms with Gasteiger partial charge in [-0.15, -0.1) is 0 Å². The van der Waals surface area contributed by atoms with E-state index in [1.165, 1.54) is 19.1 Å². The first kappa shape index (κ1) is 26.2. The fraction of sp³-hybridized carbons (Fsp3) is 0.150. The van der Waals surface area contributed by atoms with Crippen molar-refractivity contribution in [3.8, 4) is 0 Å². The molecule has 1 heterocycles. The third-order valence-corrected chi connectivity index (χ3v) is 6.96. The molecule has 0 fully saturated rings. The Kier molecular flexibility index (Phi) is 8.10. The lowest BCUT2D eigenvalue weighted by atomic mass is 10.1. The second kappa shape index (κ2) is 10.5. The normalized spacial score (nSPS) is 13.4. The largest absolute Gasteiger partial charge is 0.454 e. The van der Waals surface area contributed by atoms with Crippen LogP contribution in [-0.4, -0.2) is 47.1 Å². The molecular weight excluding hydrogens is 600 g/mol. The van der Waals surface area contributed by atoms with Crippen molar-refractivity contribution in [3.05, 3.63) is 65.5 Å². The Labute approximate surface area is 220 Å². The van der Waals surface area contributed by atoms with Crippen LogP contribution in [0.1, 0.15) is 38.0 Å². The molecule has 0 saturated heterocycles. The summed E-state index contributed by atoms with van der Waals surface area (Å²) in [6.07, 6.45) is 0. The molecule has 1 atom stereocenters. The molecule has 0 spiro atoms. The van der Waals surface area contributed by atoms with Crippen molar-refractivity contribution in [2.75, 3.05) is 6.61 Å². The summed E-state index contributed by atoms with van der Waals surface area (Å²) in [6.45, 7) is 0.411. The van der Waals surface area contributed by atoms with Crippen LogP contribution in [0.3, 0.4) is 0 Å². The molecule has 0 aliphatic carbocycles. The van der Waals surface area contributed by atoms with E-state index in [1.54, 1.807) is 12.1 Å². The van der Waals surface area contributed by atoms with Crippen molar-refractivity contribution in [2.24, 2.45) is 0 Å². The number of hydrogen-bond donors (Lipinski definition) is 2. The maximum absolute atomic E-state index is 12.8. The molecule has 0 bridgehead atoms. The van der Waals surface area contributed by atoms with Crippen LogP contribution in [0.25, 0.3) is 0 Å². The molecule has 2 aromatic carbocycles. The minimum absolute atomic E-state index is 0.216. The van der Waals surface area contributed by atoms with E-state index >= 15 is 0 Å². The van der Waals surface area contributed by atoms with Crippen molar-refractivity contribution in [3.63, 3.8) is 0 Å². The summed E-state index contributed by atoms with van der Waals surface area (Å²) in [6, 6.07) is 4.88. The Morgan fingerprint density at radius 2 is 1.41 bits per heavy atom. The molecule has 14 heteroatoms. The number of ether oxygens (including phenoxy) is 1. The summed E-state index contributed by atoms with van der Waals surface area (Å²) in [5.74, 6) is -4.40. The first-order valence-corrected chi connectivity index (χ1v) is 11.5. The second-order valence-electron chi connectivity index (χ2n) is 6.78. The maximum Gasteiger partial charge on any atom is 0.329 e. The number of nitrogens with one attached hydrogen (secondary N) is 2. The van der Waals surface area contributed by atoms with E-state index in [0.717, 1.165) is 4.47 Å². The zero-order valence-corrected chi connectivity index (χ0v) is 21.5. The number of nitrogens with zero attached hydrogens (tertiary/aromatic N) is 1. The molecule has 1 aliphatic heterocycles. The second-order valence-corrected chi connectivity index (χ2v) is 9.21. The summed E-state index contributed by atoms with van der Waals surface area (Å²) in [5.41, 5.74) is 3.93. The number of fused-ring (bicyclic) bond motifs is 1. The number of esters is 1. The van der Waals surface area contributed by atoms with E-state index in [1.807, 2.05) is 0 Å². The molecule has 3 rings (SSSR count). The van der Waals surface area contributed by atoms with Crippen LogP contribution in [0.2, 0.25) is 20.1 Å². The molecule has 9 nitrogen and oxygen atoms in total. The SMILES string of the molecule is C[C@@H](C(=O)OCC(=O)NNC(=O)c1ccc(Br)cc1)N1C(=O)c2c(Cl)c(Cl)c(Cl)c(Cl)c2C1=O. The third-order valence-electron chi connectivity index (χ3n) is 4.63. The lowest BCUT2D eigenvalue weighted by Gasteiger charge is -2.20. The molecule has 2 aromatic rings. The highest BCUT2D eigenvalue weighted by atomic mass is 79.9. The number of halogens is 5. The van der Waals surface area contributed by atoms with E-state index in [0.29, 0.717) is 4.90 Å². The van der Waals surface area contributed by atoms with Gasteiger partial charge in [0.15, 0.2) is 6.61 Å². The highest BCUT2D eigenvalue weighted by Gasteiger charge is 2.45. The minimum Gasteiger partial charge on any atom is -0.454 e. The summed E-state index contributed by atoms with van der Waals surface area (Å²) in [7, 11) is 0. The fourth-order valence-corrected chi connectivity index (χ4v) is 4.20. The van der Waals surface area contributed by atoms with Crippen LogP contribution in [0.5, 0.6) is 0 Å². The average Bonchev–Trinajstić information content (AvgIpc) is 3.08. The van der Waals surface area contributed by atoms with Crippen LogP contribution in [0, 0.1) is 0 Å². The van der Waals surface area contributed by atoms with E-state index in [9.17, 15) is 24.0 Å². The number of imide groups is 1. The monoisotopic (exact) mass is 609 g/mol. The Morgan fingerprint density at radius 1 is 0.912 bits per heavy atom. The number of amides is 4. The van der Waals surface area contributed by atoms with Gasteiger partial charge < -0.3 is 4.74 Å². The van der Waals surface area contributed by atoms with E-state index in [-0.39, 0.29) is 36.8 Å². The minimum atomic E-state index is -1.44. The molecule has 0 aromatic heterocycles. The molecule has 0 unspecified atom stereocenters. The Balaban J connectivity index is 1.61. The van der Waals surface area contributed by atoms with Gasteiger partial charge in [-0.3, -0.25) is 34.9 Å². The molecule has 34 heavy (non-hydrogen) atoms. The summed E-state index contributed by atoms with van der Waals surface area (Å²) >= 11 is 27.3. The zero-order chi connectivity index (χ0) is 25.3. The first-order chi connectivity index (χ1) is 16.0. The number of carbonyl (C=O) groups is 5. The summed E-state index contributed by atoms with van der Waals surface area (Å²) in [4.78, 5) is 62.5. The zero-order valence-electron chi connectivity index (χ0n) is 16.9. The van der Waals surface area contributed by atoms with E-state index in [2.05, 4.69) is 26.8 Å². The van der Waals surface area contributed by atoms with Gasteiger partial charge in [-0.25, -0.2) is 4.79 Å². The van der Waals surface area contributed by atoms with Crippen molar-refractivity contribution in [1.82, 2.24) is 15.8 Å². The molecule has 0 radical (unpaired) electrons. The number of benzene rings is 2. The van der Waals surface area contributed by atoms with Crippen LogP contribution < -0.4 is 10.9 Å². The highest BCUT2D eigenvalue weighted by Crippen LogP contribution is 2.45. The van der Waals surface area contributed by atoms with Crippen LogP contribution in [0.15, 0.2) is 28.7 Å². The smallest absolute Gasteiger partial charge is 0.329 e. The Hall–Kier alpha value is -2.37. The predicted molar refractivity (Wildman–Crippen MR) is 127 cm³/mol. The lowest BCUT2D eigenvalue weighted by molar-refractivity contribution is -0.152. The van der Waals surface area contributed by atoms with Crippen LogP contribution in [-0.2, 0) is 14.3 Å². The number of carbonyl (C=O) groups excluding carboxylic acids is 5. The van der Waals surface area contributed by atoms with Gasteiger partial charge in [0.25, 0.3) is 23.6 Å². The van der Waals surface area contributed by atoms with Gasteiger partial charge in [0.2, 0.25) is 0 Å². The average molecular weight is 612 g/mol. The standard InChI is InChI=1S/C20H12BrCl4N3O6/c1-7(28-18(31)11-12(19(28)32)14(23)16(25)15(24)13(11)22)20(33)34-6-10(29)26-27-17(30)8-2-4-9(21)5-3-8/h2-5,7H,6H2,1H3,(H,26,29)(H,27,30)/t7-/m0/s1. The summed E-state index contributed by atoms with van der Waals surface area (Å²) < 4.78 is 5.63. The Bertz CT molecular complexity index is 1190. The van der Waals surface area contributed by atoms with Crippen LogP contribution in [0.4, 0.5) is 0 Å². The molecule has 178 valence electrons. The van der Waals surface area contributed by atoms with Crippen molar-refractivity contribution in [2.45, 2.75) is 13.0 Å². The van der Waals surface area contributed by atoms with Gasteiger partial charge in [-0.05, 0) is 31.2 Å². The van der Waals surface area contributed by atoms with E-state index in [4.69, 9.17) is 51.1 Å². The topological polar surface area (TPSA) is 122 Å². The van der Waals surface area contributed by atoms with Crippen molar-refractivity contribution in [1.29, 1.82) is 0 Å². The molecule has 2 N–H and O–H groups in total. The number of hydrogen-bond acceptors (Lipinski definition) is 6. The predicted octanol–water partition coefficient (Wildman–Crippen LogP) is 4.05. The molecule has 1 aliphatic rings. The maximum atomic E-state index is 12.8. The molecule has 0 saturated carbocycles. The summed E-state index contributed by atoms with van der Waals surface area (Å²) in [5, 5.41) is -0.999. The molecule has 4 amide bonds. The van der Waals surface area contributed by atoms with Gasteiger partial charge in [-0.2, -0.15) is 0 Å². The fourth-order valence-electron chi connectivity index (χ4n) is 2.92. The van der Waals surface area contributed by atoms with Gasteiger partial charge in [0.1, 0.15) is 6.04 Å². The van der Waals surface area contributed by atoms with Crippen molar-refractivity contribution >= 4 is 91.9 Å². The quantitative estimate of drug-likeness (QED) is 0.173. The van der Waals surface area contributed by atoms with Gasteiger partial charge in [0.05, 0.1) is 31.2 Å². The van der Waals surface area contributed by atoms with Gasteiger partial charge in [-0.1, -0.05) is 62.3 Å². The van der Waals surface area contributed by atoms with Crippen LogP contribution >= 0.6 is 62.3 Å². The molecular formula is C20H12BrCl4N3O6. The van der Waals surface area contributed by atoms with Crippen molar-refractivity contribution < 1.29 is 28.7 Å². The lowest BCUT2D eigenvalue weighted by Crippen LogP contribution is -2.46.